The van der Waals surface area contributed by atoms with Crippen molar-refractivity contribution in [2.24, 2.45) is 5.73 Å². The van der Waals surface area contributed by atoms with Gasteiger partial charge < -0.3 is 11.1 Å². The van der Waals surface area contributed by atoms with Crippen molar-refractivity contribution in [2.45, 2.75) is 4.90 Å². The molecule has 2 nitrogen and oxygen atoms in total. The normalized spacial score (nSPS) is 9.42. The molecule has 0 bridgehead atoms. The first-order valence-corrected chi connectivity index (χ1v) is 4.76. The molecule has 1 aromatic rings. The van der Waals surface area contributed by atoms with E-state index in [1.54, 1.807) is 0 Å². The maximum absolute atomic E-state index is 5.27. The highest BCUT2D eigenvalue weighted by molar-refractivity contribution is 8.23. The SMILES string of the molecule is NCNC(=S)Sc1ccccc1. The largest absolute Gasteiger partial charge is 0.358 e. The predicted octanol–water partition coefficient (Wildman–Crippen LogP) is 1.57. The van der Waals surface area contributed by atoms with Gasteiger partial charge in [-0.1, -0.05) is 42.2 Å². The smallest absolute Gasteiger partial charge is 0.139 e. The third kappa shape index (κ3) is 3.21. The van der Waals surface area contributed by atoms with Gasteiger partial charge >= 0.3 is 0 Å². The average molecular weight is 198 g/mol. The summed E-state index contributed by atoms with van der Waals surface area (Å²) in [6.07, 6.45) is 0. The first kappa shape index (κ1) is 9.51. The maximum atomic E-state index is 5.27. The quantitative estimate of drug-likeness (QED) is 0.430. The van der Waals surface area contributed by atoms with Crippen LogP contribution in [0.1, 0.15) is 0 Å². The fraction of sp³-hybridized carbons (Fsp3) is 0.125. The molecule has 0 amide bonds. The molecule has 4 heteroatoms. The van der Waals surface area contributed by atoms with E-state index in [2.05, 4.69) is 5.32 Å². The molecule has 0 saturated carbocycles. The zero-order valence-corrected chi connectivity index (χ0v) is 8.12. The number of rotatable bonds is 2. The lowest BCUT2D eigenvalue weighted by Crippen LogP contribution is -2.25. The maximum Gasteiger partial charge on any atom is 0.139 e. The van der Waals surface area contributed by atoms with Crippen molar-refractivity contribution in [3.8, 4) is 0 Å². The van der Waals surface area contributed by atoms with E-state index in [0.29, 0.717) is 11.0 Å². The molecular formula is C8H10N2S2. The Balaban J connectivity index is 2.47. The van der Waals surface area contributed by atoms with Crippen LogP contribution >= 0.6 is 24.0 Å². The van der Waals surface area contributed by atoms with E-state index < -0.39 is 0 Å². The van der Waals surface area contributed by atoms with Gasteiger partial charge in [-0.15, -0.1) is 0 Å². The van der Waals surface area contributed by atoms with E-state index >= 15 is 0 Å². The van der Waals surface area contributed by atoms with Crippen LogP contribution in [0.5, 0.6) is 0 Å². The molecule has 0 unspecified atom stereocenters. The standard InChI is InChI=1S/C8H10N2S2/c9-6-10-8(11)12-7-4-2-1-3-5-7/h1-5H,6,9H2,(H,10,11). The molecule has 0 spiro atoms. The first-order valence-electron chi connectivity index (χ1n) is 3.53. The zero-order valence-electron chi connectivity index (χ0n) is 6.49. The summed E-state index contributed by atoms with van der Waals surface area (Å²) >= 11 is 6.52. The molecule has 12 heavy (non-hydrogen) atoms. The van der Waals surface area contributed by atoms with Crippen molar-refractivity contribution >= 4 is 28.3 Å². The molecule has 0 fully saturated rings. The van der Waals surface area contributed by atoms with Gasteiger partial charge in [-0.3, -0.25) is 0 Å². The fourth-order valence-corrected chi connectivity index (χ4v) is 1.75. The Bertz CT molecular complexity index is 248. The lowest BCUT2D eigenvalue weighted by Gasteiger charge is -2.03. The van der Waals surface area contributed by atoms with E-state index in [-0.39, 0.29) is 0 Å². The number of nitrogens with one attached hydrogen (secondary N) is 1. The second-order valence-electron chi connectivity index (χ2n) is 2.08. The highest BCUT2D eigenvalue weighted by Gasteiger charge is 1.96. The van der Waals surface area contributed by atoms with Crippen molar-refractivity contribution in [2.75, 3.05) is 6.67 Å². The first-order chi connectivity index (χ1) is 5.83. The monoisotopic (exact) mass is 198 g/mol. The topological polar surface area (TPSA) is 38.0 Å². The van der Waals surface area contributed by atoms with Crippen LogP contribution in [0.4, 0.5) is 0 Å². The van der Waals surface area contributed by atoms with Gasteiger partial charge in [0.05, 0.1) is 6.67 Å². The van der Waals surface area contributed by atoms with E-state index in [9.17, 15) is 0 Å². The highest BCUT2D eigenvalue weighted by atomic mass is 32.2. The second-order valence-corrected chi connectivity index (χ2v) is 3.83. The molecule has 0 aliphatic heterocycles. The second kappa shape index (κ2) is 5.13. The van der Waals surface area contributed by atoms with Crippen LogP contribution in [0.3, 0.4) is 0 Å². The molecule has 1 rings (SSSR count). The number of thioether (sulfide) groups is 1. The molecule has 64 valence electrons. The molecule has 3 N–H and O–H groups in total. The number of hydrogen-bond acceptors (Lipinski definition) is 3. The van der Waals surface area contributed by atoms with E-state index in [1.807, 2.05) is 30.3 Å². The molecule has 0 aliphatic rings. The molecule has 0 radical (unpaired) electrons. The van der Waals surface area contributed by atoms with Crippen molar-refractivity contribution < 1.29 is 0 Å². The molecule has 0 aromatic heterocycles. The minimum absolute atomic E-state index is 0.388. The van der Waals surface area contributed by atoms with Gasteiger partial charge in [0.2, 0.25) is 0 Å². The molecule has 0 aliphatic carbocycles. The van der Waals surface area contributed by atoms with Gasteiger partial charge in [0.1, 0.15) is 4.32 Å². The third-order valence-corrected chi connectivity index (χ3v) is 2.43. The minimum atomic E-state index is 0.388. The summed E-state index contributed by atoms with van der Waals surface area (Å²) in [4.78, 5) is 1.13. The summed E-state index contributed by atoms with van der Waals surface area (Å²) in [5.41, 5.74) is 5.27. The van der Waals surface area contributed by atoms with Gasteiger partial charge in [-0.05, 0) is 12.1 Å². The van der Waals surface area contributed by atoms with E-state index in [0.717, 1.165) is 4.90 Å². The average Bonchev–Trinajstić information content (AvgIpc) is 2.06. The summed E-state index contributed by atoms with van der Waals surface area (Å²) in [5, 5.41) is 2.87. The Kier molecular flexibility index (Phi) is 4.07. The lowest BCUT2D eigenvalue weighted by molar-refractivity contribution is 0.950. The van der Waals surface area contributed by atoms with Gasteiger partial charge in [-0.25, -0.2) is 0 Å². The van der Waals surface area contributed by atoms with Crippen LogP contribution in [-0.2, 0) is 0 Å². The predicted molar refractivity (Wildman–Crippen MR) is 57.1 cm³/mol. The Morgan fingerprint density at radius 2 is 2.08 bits per heavy atom. The summed E-state index contributed by atoms with van der Waals surface area (Å²) in [6, 6.07) is 9.95. The Morgan fingerprint density at radius 3 is 2.67 bits per heavy atom. The lowest BCUT2D eigenvalue weighted by atomic mass is 10.4. The summed E-state index contributed by atoms with van der Waals surface area (Å²) in [6.45, 7) is 0.388. The Morgan fingerprint density at radius 1 is 1.42 bits per heavy atom. The van der Waals surface area contributed by atoms with Crippen molar-refractivity contribution in [3.63, 3.8) is 0 Å². The van der Waals surface area contributed by atoms with Gasteiger partial charge in [0, 0.05) is 4.90 Å². The molecular weight excluding hydrogens is 188 g/mol. The molecule has 0 saturated heterocycles. The van der Waals surface area contributed by atoms with Gasteiger partial charge in [-0.2, -0.15) is 0 Å². The molecule has 0 heterocycles. The van der Waals surface area contributed by atoms with Crippen LogP contribution in [-0.4, -0.2) is 11.0 Å². The zero-order chi connectivity index (χ0) is 8.81. The number of hydrogen-bond donors (Lipinski definition) is 2. The highest BCUT2D eigenvalue weighted by Crippen LogP contribution is 2.17. The van der Waals surface area contributed by atoms with Gasteiger partial charge in [0.25, 0.3) is 0 Å². The number of benzene rings is 1. The molecule has 0 atom stereocenters. The van der Waals surface area contributed by atoms with Crippen LogP contribution in [0.25, 0.3) is 0 Å². The van der Waals surface area contributed by atoms with Gasteiger partial charge in [0.15, 0.2) is 0 Å². The number of thiocarbonyl (C=S) groups is 1. The van der Waals surface area contributed by atoms with Crippen molar-refractivity contribution in [3.05, 3.63) is 30.3 Å². The summed E-state index contributed by atoms with van der Waals surface area (Å²) < 4.78 is 0.712. The summed E-state index contributed by atoms with van der Waals surface area (Å²) in [5.74, 6) is 0. The van der Waals surface area contributed by atoms with Crippen LogP contribution < -0.4 is 11.1 Å². The summed E-state index contributed by atoms with van der Waals surface area (Å²) in [7, 11) is 0. The minimum Gasteiger partial charge on any atom is -0.358 e. The Labute approximate surface area is 81.5 Å². The van der Waals surface area contributed by atoms with E-state index in [4.69, 9.17) is 18.0 Å². The van der Waals surface area contributed by atoms with Crippen LogP contribution in [0.15, 0.2) is 35.2 Å². The van der Waals surface area contributed by atoms with Crippen LogP contribution in [0.2, 0.25) is 0 Å². The fourth-order valence-electron chi connectivity index (χ4n) is 0.715. The third-order valence-electron chi connectivity index (χ3n) is 1.20. The molecule has 1 aromatic carbocycles. The van der Waals surface area contributed by atoms with Crippen molar-refractivity contribution in [1.82, 2.24) is 5.32 Å². The van der Waals surface area contributed by atoms with Crippen molar-refractivity contribution in [1.29, 1.82) is 0 Å². The Hall–Kier alpha value is -0.580. The van der Waals surface area contributed by atoms with Crippen LogP contribution in [0, 0.1) is 0 Å². The van der Waals surface area contributed by atoms with E-state index in [1.165, 1.54) is 11.8 Å². The number of nitrogens with two attached hydrogens (primary N) is 1.